The highest BCUT2D eigenvalue weighted by atomic mass is 16.1. The summed E-state index contributed by atoms with van der Waals surface area (Å²) in [6, 6.07) is 19.1. The minimum Gasteiger partial charge on any atom is -0.299 e. The lowest BCUT2D eigenvalue weighted by Crippen LogP contribution is -2.13. The first-order valence-corrected chi connectivity index (χ1v) is 8.13. The third-order valence-electron chi connectivity index (χ3n) is 4.92. The van der Waals surface area contributed by atoms with Crippen LogP contribution in [0.3, 0.4) is 0 Å². The largest absolute Gasteiger partial charge is 0.299 e. The van der Waals surface area contributed by atoms with Crippen LogP contribution in [0.15, 0.2) is 54.6 Å². The summed E-state index contributed by atoms with van der Waals surface area (Å²) in [6.45, 7) is 2.10. The molecular weight excluding hydrogens is 280 g/mol. The van der Waals surface area contributed by atoms with Crippen LogP contribution in [0, 0.1) is 44.4 Å². The molecular formula is C22H19O. The van der Waals surface area contributed by atoms with Crippen molar-refractivity contribution in [2.45, 2.75) is 18.8 Å². The lowest BCUT2D eigenvalue weighted by atomic mass is 9.95. The second kappa shape index (κ2) is 5.96. The normalized spacial score (nSPS) is 27.1. The Labute approximate surface area is 138 Å². The summed E-state index contributed by atoms with van der Waals surface area (Å²) in [7, 11) is 0. The first kappa shape index (κ1) is 14.7. The van der Waals surface area contributed by atoms with Gasteiger partial charge in [-0.2, -0.15) is 0 Å². The summed E-state index contributed by atoms with van der Waals surface area (Å²) in [5.41, 5.74) is 3.79. The van der Waals surface area contributed by atoms with Crippen molar-refractivity contribution in [1.82, 2.24) is 0 Å². The van der Waals surface area contributed by atoms with Crippen molar-refractivity contribution in [2.24, 2.45) is 5.92 Å². The molecule has 3 atom stereocenters. The Morgan fingerprint density at radius 2 is 1.35 bits per heavy atom. The highest BCUT2D eigenvalue weighted by molar-refractivity contribution is 6.02. The van der Waals surface area contributed by atoms with Crippen molar-refractivity contribution < 1.29 is 4.79 Å². The van der Waals surface area contributed by atoms with Gasteiger partial charge in [0.15, 0.2) is 0 Å². The van der Waals surface area contributed by atoms with Crippen LogP contribution in [-0.2, 0) is 4.79 Å². The Balaban J connectivity index is 1.64. The summed E-state index contributed by atoms with van der Waals surface area (Å²) in [4.78, 5) is 12.9. The molecule has 113 valence electrons. The van der Waals surface area contributed by atoms with Gasteiger partial charge in [-0.3, -0.25) is 4.79 Å². The number of carbonyl (C=O) groups is 1. The number of aryl methyl sites for hydroxylation is 1. The molecule has 2 aromatic rings. The van der Waals surface area contributed by atoms with E-state index in [0.717, 1.165) is 5.92 Å². The number of Topliss-reactive ketones (excluding diaryl/α,β-unsaturated/α-hetero) is 1. The first-order valence-electron chi connectivity index (χ1n) is 8.13. The van der Waals surface area contributed by atoms with Gasteiger partial charge in [-0.1, -0.05) is 60.2 Å². The fraction of sp³-hybridized carbons (Fsp3) is 0.182. The zero-order valence-corrected chi connectivity index (χ0v) is 13.1. The third-order valence-corrected chi connectivity index (χ3v) is 4.92. The Hall–Kier alpha value is -1.89. The maximum atomic E-state index is 12.9. The van der Waals surface area contributed by atoms with Gasteiger partial charge < -0.3 is 0 Å². The van der Waals surface area contributed by atoms with Crippen LogP contribution in [0.5, 0.6) is 0 Å². The number of rotatable bonds is 4. The first-order chi connectivity index (χ1) is 11.3. The average Bonchev–Trinajstić information content (AvgIpc) is 3.08. The van der Waals surface area contributed by atoms with E-state index in [2.05, 4.69) is 55.5 Å². The van der Waals surface area contributed by atoms with Crippen LogP contribution < -0.4 is 0 Å². The zero-order valence-electron chi connectivity index (χ0n) is 13.1. The van der Waals surface area contributed by atoms with E-state index in [9.17, 15) is 4.79 Å². The molecule has 0 aromatic heterocycles. The lowest BCUT2D eigenvalue weighted by molar-refractivity contribution is -0.118. The van der Waals surface area contributed by atoms with Gasteiger partial charge in [0.2, 0.25) is 0 Å². The molecule has 2 saturated carbocycles. The second-order valence-electron chi connectivity index (χ2n) is 6.44. The van der Waals surface area contributed by atoms with Crippen molar-refractivity contribution in [3.05, 3.63) is 103 Å². The predicted molar refractivity (Wildman–Crippen MR) is 92.0 cm³/mol. The van der Waals surface area contributed by atoms with E-state index in [1.807, 2.05) is 31.7 Å². The van der Waals surface area contributed by atoms with E-state index in [-0.39, 0.29) is 11.7 Å². The number of benzene rings is 2. The fourth-order valence-corrected chi connectivity index (χ4v) is 3.66. The van der Waals surface area contributed by atoms with Gasteiger partial charge in [-0.05, 0) is 43.7 Å². The van der Waals surface area contributed by atoms with E-state index in [1.165, 1.54) is 16.7 Å². The van der Waals surface area contributed by atoms with Crippen molar-refractivity contribution >= 4 is 5.78 Å². The van der Waals surface area contributed by atoms with E-state index in [0.29, 0.717) is 11.8 Å². The molecule has 4 rings (SSSR count). The van der Waals surface area contributed by atoms with Crippen LogP contribution in [0.2, 0.25) is 0 Å². The number of ketones is 1. The topological polar surface area (TPSA) is 17.1 Å². The smallest absolute Gasteiger partial charge is 0.144 e. The summed E-state index contributed by atoms with van der Waals surface area (Å²) >= 11 is 0. The molecule has 5 radical (unpaired) electrons. The van der Waals surface area contributed by atoms with Gasteiger partial charge in [0, 0.05) is 23.7 Å². The summed E-state index contributed by atoms with van der Waals surface area (Å²) in [5.74, 6) is 1.75. The highest BCUT2D eigenvalue weighted by Gasteiger charge is 2.57. The number of hydrogen-bond acceptors (Lipinski definition) is 1. The standard InChI is InChI=1S/C22H19O/c1-15-11-13-17(14-12-15)20-19(16-7-3-2-4-8-16)21(20)22(23)18-9-5-6-10-18/h2-14,19-21H,1H3. The maximum absolute atomic E-state index is 12.9. The molecule has 2 aliphatic carbocycles. The molecule has 1 nitrogen and oxygen atoms in total. The predicted octanol–water partition coefficient (Wildman–Crippen LogP) is 4.47. The molecule has 0 heterocycles. The molecule has 1 heteroatoms. The molecule has 0 N–H and O–H groups in total. The molecule has 3 unspecified atom stereocenters. The van der Waals surface area contributed by atoms with Crippen LogP contribution in [0.25, 0.3) is 0 Å². The number of hydrogen-bond donors (Lipinski definition) is 0. The number of carbonyl (C=O) groups excluding carboxylic acids is 1. The zero-order chi connectivity index (χ0) is 15.8. The van der Waals surface area contributed by atoms with Crippen LogP contribution >= 0.6 is 0 Å². The Morgan fingerprint density at radius 3 is 1.96 bits per heavy atom. The molecule has 0 spiro atoms. The van der Waals surface area contributed by atoms with Crippen molar-refractivity contribution in [2.75, 3.05) is 0 Å². The van der Waals surface area contributed by atoms with Gasteiger partial charge in [0.05, 0.1) is 0 Å². The van der Waals surface area contributed by atoms with Gasteiger partial charge in [0.25, 0.3) is 0 Å². The summed E-state index contributed by atoms with van der Waals surface area (Å²) < 4.78 is 0. The van der Waals surface area contributed by atoms with E-state index in [4.69, 9.17) is 0 Å². The lowest BCUT2D eigenvalue weighted by Gasteiger charge is -2.06. The van der Waals surface area contributed by atoms with Crippen LogP contribution in [0.1, 0.15) is 28.5 Å². The van der Waals surface area contributed by atoms with E-state index >= 15 is 0 Å². The van der Waals surface area contributed by atoms with Gasteiger partial charge in [-0.15, -0.1) is 0 Å². The summed E-state index contributed by atoms with van der Waals surface area (Å²) in [6.07, 6.45) is 7.73. The Bertz CT molecular complexity index is 680. The minimum atomic E-state index is 0.0579. The van der Waals surface area contributed by atoms with Crippen molar-refractivity contribution in [3.8, 4) is 0 Å². The van der Waals surface area contributed by atoms with Gasteiger partial charge in [0.1, 0.15) is 5.78 Å². The van der Waals surface area contributed by atoms with Crippen LogP contribution in [0.4, 0.5) is 0 Å². The molecule has 23 heavy (non-hydrogen) atoms. The quantitative estimate of drug-likeness (QED) is 0.814. The SMILES string of the molecule is Cc1ccc(C2C(C(=O)[C]3[CH][CH][CH][CH]3)C2c2ccccc2)cc1. The van der Waals surface area contributed by atoms with Gasteiger partial charge >= 0.3 is 0 Å². The molecule has 0 aliphatic heterocycles. The van der Waals surface area contributed by atoms with Crippen molar-refractivity contribution in [3.63, 3.8) is 0 Å². The molecule has 2 aliphatic rings. The van der Waals surface area contributed by atoms with E-state index in [1.54, 1.807) is 0 Å². The second-order valence-corrected chi connectivity index (χ2v) is 6.44. The Kier molecular flexibility index (Phi) is 3.80. The fourth-order valence-electron chi connectivity index (χ4n) is 3.66. The minimum absolute atomic E-state index is 0.0579. The monoisotopic (exact) mass is 299 g/mol. The molecule has 0 bridgehead atoms. The van der Waals surface area contributed by atoms with E-state index < -0.39 is 0 Å². The Morgan fingerprint density at radius 1 is 0.783 bits per heavy atom. The summed E-state index contributed by atoms with van der Waals surface area (Å²) in [5, 5.41) is 0. The molecule has 0 amide bonds. The molecule has 0 saturated heterocycles. The molecule has 2 aromatic carbocycles. The van der Waals surface area contributed by atoms with Gasteiger partial charge in [-0.25, -0.2) is 0 Å². The maximum Gasteiger partial charge on any atom is 0.144 e. The third kappa shape index (κ3) is 2.73. The van der Waals surface area contributed by atoms with Crippen LogP contribution in [-0.4, -0.2) is 5.78 Å². The average molecular weight is 299 g/mol. The highest BCUT2D eigenvalue weighted by Crippen LogP contribution is 2.62. The molecule has 2 fully saturated rings. The van der Waals surface area contributed by atoms with Crippen molar-refractivity contribution in [1.29, 1.82) is 0 Å².